The van der Waals surface area contributed by atoms with Crippen LogP contribution in [-0.4, -0.2) is 14.5 Å². The number of fused-ring (bicyclic) bond motifs is 1. The molecule has 0 heterocycles. The van der Waals surface area contributed by atoms with E-state index in [1.165, 1.54) is 25.7 Å². The zero-order chi connectivity index (χ0) is 18.1. The van der Waals surface area contributed by atoms with Crippen molar-refractivity contribution in [2.75, 3.05) is 0 Å². The Labute approximate surface area is 152 Å². The van der Waals surface area contributed by atoms with Crippen LogP contribution in [0.15, 0.2) is 47.4 Å². The first-order valence-electron chi connectivity index (χ1n) is 9.49. The second kappa shape index (κ2) is 9.93. The Morgan fingerprint density at radius 2 is 1.56 bits per heavy atom. The molecular weight excluding hydrogens is 332 g/mol. The van der Waals surface area contributed by atoms with Crippen LogP contribution >= 0.6 is 0 Å². The molecule has 0 aliphatic heterocycles. The Kier molecular flexibility index (Phi) is 7.91. The normalized spacial score (nSPS) is 13.2. The van der Waals surface area contributed by atoms with E-state index in [-0.39, 0.29) is 11.0 Å². The monoisotopic (exact) mass is 362 g/mol. The molecule has 2 aromatic carbocycles. The number of rotatable bonds is 11. The maximum absolute atomic E-state index is 12.8. The van der Waals surface area contributed by atoms with Gasteiger partial charge in [-0.3, -0.25) is 4.18 Å². The summed E-state index contributed by atoms with van der Waals surface area (Å²) >= 11 is 0. The van der Waals surface area contributed by atoms with Crippen LogP contribution < -0.4 is 0 Å². The van der Waals surface area contributed by atoms with E-state index >= 15 is 0 Å². The summed E-state index contributed by atoms with van der Waals surface area (Å²) in [5, 5.41) is 1.63. The Morgan fingerprint density at radius 1 is 0.880 bits per heavy atom. The van der Waals surface area contributed by atoms with Gasteiger partial charge in [0.05, 0.1) is 6.10 Å². The van der Waals surface area contributed by atoms with Crippen LogP contribution in [0.25, 0.3) is 10.8 Å². The number of unbranched alkanes of at least 4 members (excludes halogenated alkanes) is 5. The van der Waals surface area contributed by atoms with Gasteiger partial charge in [0.1, 0.15) is 4.90 Å². The Bertz CT molecular complexity index is 747. The van der Waals surface area contributed by atoms with Crippen molar-refractivity contribution in [1.82, 2.24) is 0 Å². The molecule has 1 unspecified atom stereocenters. The third-order valence-electron chi connectivity index (χ3n) is 4.62. The lowest BCUT2D eigenvalue weighted by Crippen LogP contribution is -2.18. The lowest BCUT2D eigenvalue weighted by atomic mass is 10.1. The van der Waals surface area contributed by atoms with E-state index in [0.29, 0.717) is 6.42 Å². The molecule has 0 radical (unpaired) electrons. The zero-order valence-corrected chi connectivity index (χ0v) is 16.2. The third-order valence-corrected chi connectivity index (χ3v) is 6.04. The second-order valence-corrected chi connectivity index (χ2v) is 8.15. The third kappa shape index (κ3) is 5.82. The van der Waals surface area contributed by atoms with Crippen molar-refractivity contribution in [3.8, 4) is 0 Å². The largest absolute Gasteiger partial charge is 0.297 e. The van der Waals surface area contributed by atoms with Crippen LogP contribution in [0.2, 0.25) is 0 Å². The van der Waals surface area contributed by atoms with E-state index in [2.05, 4.69) is 6.92 Å². The van der Waals surface area contributed by atoms with Crippen molar-refractivity contribution in [2.24, 2.45) is 0 Å². The van der Waals surface area contributed by atoms with Gasteiger partial charge in [-0.2, -0.15) is 8.42 Å². The summed E-state index contributed by atoms with van der Waals surface area (Å²) in [5.41, 5.74) is 0. The minimum Gasteiger partial charge on any atom is -0.263 e. The fourth-order valence-electron chi connectivity index (χ4n) is 3.12. The number of benzene rings is 2. The van der Waals surface area contributed by atoms with Gasteiger partial charge in [-0.05, 0) is 24.3 Å². The highest BCUT2D eigenvalue weighted by Gasteiger charge is 2.22. The second-order valence-electron chi connectivity index (χ2n) is 6.61. The summed E-state index contributed by atoms with van der Waals surface area (Å²) < 4.78 is 31.1. The van der Waals surface area contributed by atoms with E-state index < -0.39 is 10.1 Å². The van der Waals surface area contributed by atoms with Crippen molar-refractivity contribution in [3.63, 3.8) is 0 Å². The highest BCUT2D eigenvalue weighted by molar-refractivity contribution is 7.87. The van der Waals surface area contributed by atoms with Crippen molar-refractivity contribution >= 4 is 20.9 Å². The summed E-state index contributed by atoms with van der Waals surface area (Å²) in [6, 6.07) is 12.8. The molecule has 25 heavy (non-hydrogen) atoms. The van der Waals surface area contributed by atoms with Crippen LogP contribution in [0.4, 0.5) is 0 Å². The van der Waals surface area contributed by atoms with Crippen molar-refractivity contribution in [1.29, 1.82) is 0 Å². The molecule has 138 valence electrons. The summed E-state index contributed by atoms with van der Waals surface area (Å²) in [6.45, 7) is 4.19. The fourth-order valence-corrected chi connectivity index (χ4v) is 4.51. The molecule has 0 N–H and O–H groups in total. The standard InChI is InChI=1S/C21H30O3S/c1-3-5-6-7-8-9-15-19(4-2)24-25(22,23)21-17-12-14-18-13-10-11-16-20(18)21/h10-14,16-17,19H,3-9,15H2,1-2H3. The maximum Gasteiger partial charge on any atom is 0.297 e. The van der Waals surface area contributed by atoms with Gasteiger partial charge in [0.2, 0.25) is 0 Å². The molecule has 0 aliphatic rings. The maximum atomic E-state index is 12.8. The smallest absolute Gasteiger partial charge is 0.263 e. The molecule has 2 aromatic rings. The van der Waals surface area contributed by atoms with E-state index in [9.17, 15) is 8.42 Å². The topological polar surface area (TPSA) is 43.4 Å². The van der Waals surface area contributed by atoms with E-state index in [4.69, 9.17) is 4.18 Å². The van der Waals surface area contributed by atoms with Crippen LogP contribution in [-0.2, 0) is 14.3 Å². The van der Waals surface area contributed by atoms with Gasteiger partial charge >= 0.3 is 0 Å². The molecule has 4 heteroatoms. The number of hydrogen-bond acceptors (Lipinski definition) is 3. The van der Waals surface area contributed by atoms with Crippen molar-refractivity contribution in [3.05, 3.63) is 42.5 Å². The summed E-state index contributed by atoms with van der Waals surface area (Å²) in [7, 11) is -3.75. The Balaban J connectivity index is 2.00. The highest BCUT2D eigenvalue weighted by Crippen LogP contribution is 2.26. The molecule has 3 nitrogen and oxygen atoms in total. The van der Waals surface area contributed by atoms with Crippen LogP contribution in [0, 0.1) is 0 Å². The first-order chi connectivity index (χ1) is 12.1. The van der Waals surface area contributed by atoms with Crippen molar-refractivity contribution < 1.29 is 12.6 Å². The van der Waals surface area contributed by atoms with E-state index in [1.807, 2.05) is 37.3 Å². The van der Waals surface area contributed by atoms with Gasteiger partial charge in [0, 0.05) is 5.39 Å². The molecule has 0 spiro atoms. The summed E-state index contributed by atoms with van der Waals surface area (Å²) in [6.07, 6.45) is 8.44. The molecule has 0 bridgehead atoms. The molecule has 0 fully saturated rings. The average Bonchev–Trinajstić information content (AvgIpc) is 2.63. The van der Waals surface area contributed by atoms with E-state index in [1.54, 1.807) is 12.1 Å². The Morgan fingerprint density at radius 3 is 2.32 bits per heavy atom. The van der Waals surface area contributed by atoms with Crippen LogP contribution in [0.5, 0.6) is 0 Å². The van der Waals surface area contributed by atoms with Gasteiger partial charge in [0.15, 0.2) is 0 Å². The number of hydrogen-bond donors (Lipinski definition) is 0. The molecule has 0 aliphatic carbocycles. The Hall–Kier alpha value is -1.39. The quantitative estimate of drug-likeness (QED) is 0.360. The van der Waals surface area contributed by atoms with Gasteiger partial charge in [-0.15, -0.1) is 0 Å². The van der Waals surface area contributed by atoms with Gasteiger partial charge in [-0.25, -0.2) is 0 Å². The minimum absolute atomic E-state index is 0.241. The summed E-state index contributed by atoms with van der Waals surface area (Å²) in [5.74, 6) is 0. The molecule has 0 amide bonds. The zero-order valence-electron chi connectivity index (χ0n) is 15.4. The van der Waals surface area contributed by atoms with Crippen molar-refractivity contribution in [2.45, 2.75) is 76.2 Å². The fraction of sp³-hybridized carbons (Fsp3) is 0.524. The van der Waals surface area contributed by atoms with Crippen LogP contribution in [0.3, 0.4) is 0 Å². The predicted octanol–water partition coefficient (Wildman–Crippen LogP) is 6.07. The van der Waals surface area contributed by atoms with Gasteiger partial charge in [-0.1, -0.05) is 88.8 Å². The first-order valence-corrected chi connectivity index (χ1v) is 10.9. The SMILES string of the molecule is CCCCCCCCC(CC)OS(=O)(=O)c1cccc2ccccc12. The molecular formula is C21H30O3S. The lowest BCUT2D eigenvalue weighted by molar-refractivity contribution is 0.190. The lowest BCUT2D eigenvalue weighted by Gasteiger charge is -2.16. The van der Waals surface area contributed by atoms with Crippen LogP contribution in [0.1, 0.15) is 65.2 Å². The average molecular weight is 363 g/mol. The molecule has 0 saturated carbocycles. The van der Waals surface area contributed by atoms with Gasteiger partial charge in [0.25, 0.3) is 10.1 Å². The van der Waals surface area contributed by atoms with E-state index in [0.717, 1.165) is 30.0 Å². The first kappa shape index (κ1) is 19.9. The predicted molar refractivity (Wildman–Crippen MR) is 104 cm³/mol. The molecule has 0 aromatic heterocycles. The molecule has 1 atom stereocenters. The highest BCUT2D eigenvalue weighted by atomic mass is 32.2. The molecule has 2 rings (SSSR count). The summed E-state index contributed by atoms with van der Waals surface area (Å²) in [4.78, 5) is 0.270. The minimum atomic E-state index is -3.75. The van der Waals surface area contributed by atoms with Gasteiger partial charge < -0.3 is 0 Å². The molecule has 0 saturated heterocycles.